The molecule has 0 saturated heterocycles. The van der Waals surface area contributed by atoms with Crippen LogP contribution in [0, 0.1) is 3.57 Å². The Hall–Kier alpha value is -2.01. The molecule has 0 fully saturated rings. The van der Waals surface area contributed by atoms with Gasteiger partial charge in [0.1, 0.15) is 5.75 Å². The van der Waals surface area contributed by atoms with Crippen molar-refractivity contribution in [3.05, 3.63) is 64.2 Å². The Bertz CT molecular complexity index is 1020. The second-order valence-electron chi connectivity index (χ2n) is 5.62. The lowest BCUT2D eigenvalue weighted by atomic mass is 10.0. The molecular weight excluding hydrogens is 397 g/mol. The topological polar surface area (TPSA) is 14.2 Å². The number of aromatic nitrogens is 1. The molecular formula is C20H16INO. The van der Waals surface area contributed by atoms with Crippen LogP contribution in [0.3, 0.4) is 0 Å². The van der Waals surface area contributed by atoms with Crippen molar-refractivity contribution in [3.63, 3.8) is 0 Å². The van der Waals surface area contributed by atoms with Crippen LogP contribution in [-0.4, -0.2) is 11.7 Å². The summed E-state index contributed by atoms with van der Waals surface area (Å²) >= 11 is 2.43. The number of ether oxygens (including phenoxy) is 1. The molecule has 3 aromatic carbocycles. The first-order valence-corrected chi connectivity index (χ1v) is 8.58. The predicted molar refractivity (Wildman–Crippen MR) is 105 cm³/mol. The Morgan fingerprint density at radius 1 is 0.870 bits per heavy atom. The van der Waals surface area contributed by atoms with Gasteiger partial charge >= 0.3 is 0 Å². The van der Waals surface area contributed by atoms with Crippen LogP contribution in [0.25, 0.3) is 32.9 Å². The summed E-state index contributed by atoms with van der Waals surface area (Å²) in [5, 5.41) is 2.60. The molecule has 0 aliphatic carbocycles. The Morgan fingerprint density at radius 3 is 2.35 bits per heavy atom. The minimum atomic E-state index is 0.882. The number of fused-ring (bicyclic) bond motifs is 3. The second-order valence-corrected chi connectivity index (χ2v) is 6.79. The summed E-state index contributed by atoms with van der Waals surface area (Å²) in [5.41, 5.74) is 5.04. The van der Waals surface area contributed by atoms with Gasteiger partial charge in [-0.1, -0.05) is 36.4 Å². The summed E-state index contributed by atoms with van der Waals surface area (Å²) in [4.78, 5) is 0. The lowest BCUT2D eigenvalue weighted by Gasteiger charge is -2.10. The van der Waals surface area contributed by atoms with E-state index in [0.29, 0.717) is 0 Å². The number of nitrogens with zero attached hydrogens (tertiary/aromatic N) is 1. The molecule has 4 rings (SSSR count). The van der Waals surface area contributed by atoms with Gasteiger partial charge in [0.2, 0.25) is 0 Å². The van der Waals surface area contributed by atoms with E-state index in [-0.39, 0.29) is 0 Å². The molecule has 0 bridgehead atoms. The fraction of sp³-hybridized carbons (Fsp3) is 0.100. The number of rotatable bonds is 2. The minimum Gasteiger partial charge on any atom is -0.497 e. The SMILES string of the molecule is COc1ccc(-c2c(I)ccc3c4ccccc4n(C)c23)cc1. The predicted octanol–water partition coefficient (Wildman–Crippen LogP) is 5.61. The van der Waals surface area contributed by atoms with Crippen molar-refractivity contribution >= 4 is 44.4 Å². The lowest BCUT2D eigenvalue weighted by molar-refractivity contribution is 0.415. The van der Waals surface area contributed by atoms with Gasteiger partial charge in [-0.3, -0.25) is 0 Å². The zero-order valence-electron chi connectivity index (χ0n) is 13.0. The summed E-state index contributed by atoms with van der Waals surface area (Å²) in [6.07, 6.45) is 0. The second kappa shape index (κ2) is 5.57. The monoisotopic (exact) mass is 413 g/mol. The maximum atomic E-state index is 5.29. The van der Waals surface area contributed by atoms with Gasteiger partial charge in [-0.25, -0.2) is 0 Å². The molecule has 0 N–H and O–H groups in total. The van der Waals surface area contributed by atoms with Crippen molar-refractivity contribution in [2.24, 2.45) is 7.05 Å². The maximum absolute atomic E-state index is 5.29. The van der Waals surface area contributed by atoms with Gasteiger partial charge in [-0.15, -0.1) is 0 Å². The van der Waals surface area contributed by atoms with E-state index in [0.717, 1.165) is 5.75 Å². The van der Waals surface area contributed by atoms with Crippen molar-refractivity contribution in [1.82, 2.24) is 4.57 Å². The largest absolute Gasteiger partial charge is 0.497 e. The fourth-order valence-corrected chi connectivity index (χ4v) is 4.03. The van der Waals surface area contributed by atoms with Crippen molar-refractivity contribution < 1.29 is 4.74 Å². The average molecular weight is 413 g/mol. The van der Waals surface area contributed by atoms with E-state index in [9.17, 15) is 0 Å². The van der Waals surface area contributed by atoms with Gasteiger partial charge < -0.3 is 9.30 Å². The molecule has 1 heterocycles. The van der Waals surface area contributed by atoms with Crippen molar-refractivity contribution in [2.75, 3.05) is 7.11 Å². The van der Waals surface area contributed by atoms with Crippen LogP contribution >= 0.6 is 22.6 Å². The Balaban J connectivity index is 2.10. The zero-order valence-corrected chi connectivity index (χ0v) is 15.2. The Kier molecular flexibility index (Phi) is 3.53. The van der Waals surface area contributed by atoms with Crippen LogP contribution in [0.2, 0.25) is 0 Å². The van der Waals surface area contributed by atoms with E-state index in [2.05, 4.69) is 82.7 Å². The average Bonchev–Trinajstić information content (AvgIpc) is 2.88. The fourth-order valence-electron chi connectivity index (χ4n) is 3.28. The molecule has 2 nitrogen and oxygen atoms in total. The molecule has 1 aromatic heterocycles. The van der Waals surface area contributed by atoms with Crippen LogP contribution in [0.15, 0.2) is 60.7 Å². The van der Waals surface area contributed by atoms with E-state index in [4.69, 9.17) is 4.74 Å². The van der Waals surface area contributed by atoms with E-state index >= 15 is 0 Å². The van der Waals surface area contributed by atoms with Crippen LogP contribution in [0.5, 0.6) is 5.75 Å². The molecule has 0 aliphatic rings. The van der Waals surface area contributed by atoms with E-state index in [1.807, 2.05) is 12.1 Å². The zero-order chi connectivity index (χ0) is 16.0. The molecule has 0 spiro atoms. The summed E-state index contributed by atoms with van der Waals surface area (Å²) in [6.45, 7) is 0. The number of aryl methyl sites for hydroxylation is 1. The Labute approximate surface area is 148 Å². The van der Waals surface area contributed by atoms with Crippen molar-refractivity contribution in [3.8, 4) is 16.9 Å². The smallest absolute Gasteiger partial charge is 0.118 e. The third-order valence-corrected chi connectivity index (χ3v) is 5.30. The third kappa shape index (κ3) is 2.22. The highest BCUT2D eigenvalue weighted by atomic mass is 127. The molecule has 0 radical (unpaired) electrons. The molecule has 0 saturated carbocycles. The minimum absolute atomic E-state index is 0.882. The standard InChI is InChI=1S/C20H16INO/c1-22-18-6-4-3-5-15(18)16-11-12-17(21)19(20(16)22)13-7-9-14(23-2)10-8-13/h3-12H,1-2H3. The summed E-state index contributed by atoms with van der Waals surface area (Å²) in [5.74, 6) is 0.882. The summed E-state index contributed by atoms with van der Waals surface area (Å²) in [6, 6.07) is 21.3. The highest BCUT2D eigenvalue weighted by Crippen LogP contribution is 2.38. The van der Waals surface area contributed by atoms with Gasteiger partial charge in [-0.2, -0.15) is 0 Å². The third-order valence-electron chi connectivity index (χ3n) is 4.40. The summed E-state index contributed by atoms with van der Waals surface area (Å²) < 4.78 is 8.84. The molecule has 0 unspecified atom stereocenters. The van der Waals surface area contributed by atoms with E-state index in [1.54, 1.807) is 7.11 Å². The van der Waals surface area contributed by atoms with Gasteiger partial charge in [0.15, 0.2) is 0 Å². The lowest BCUT2D eigenvalue weighted by Crippen LogP contribution is -1.92. The molecule has 3 heteroatoms. The van der Waals surface area contributed by atoms with Crippen molar-refractivity contribution in [1.29, 1.82) is 0 Å². The van der Waals surface area contributed by atoms with Crippen LogP contribution in [0.1, 0.15) is 0 Å². The first-order valence-electron chi connectivity index (χ1n) is 7.51. The molecule has 0 atom stereocenters. The van der Waals surface area contributed by atoms with Gasteiger partial charge in [0, 0.05) is 32.5 Å². The quantitative estimate of drug-likeness (QED) is 0.390. The number of hydrogen-bond donors (Lipinski definition) is 0. The van der Waals surface area contributed by atoms with E-state index < -0.39 is 0 Å². The first kappa shape index (κ1) is 14.6. The van der Waals surface area contributed by atoms with Crippen LogP contribution < -0.4 is 4.74 Å². The van der Waals surface area contributed by atoms with Crippen molar-refractivity contribution in [2.45, 2.75) is 0 Å². The van der Waals surface area contributed by atoms with Crippen LogP contribution in [0.4, 0.5) is 0 Å². The van der Waals surface area contributed by atoms with E-state index in [1.165, 1.54) is 36.5 Å². The summed E-state index contributed by atoms with van der Waals surface area (Å²) in [7, 11) is 3.84. The number of methoxy groups -OCH3 is 1. The Morgan fingerprint density at radius 2 is 1.61 bits per heavy atom. The number of para-hydroxylation sites is 1. The van der Waals surface area contributed by atoms with Gasteiger partial charge in [0.25, 0.3) is 0 Å². The van der Waals surface area contributed by atoms with Crippen LogP contribution in [-0.2, 0) is 7.05 Å². The first-order chi connectivity index (χ1) is 11.2. The number of benzene rings is 3. The molecule has 0 aliphatic heterocycles. The normalized spacial score (nSPS) is 11.3. The molecule has 4 aromatic rings. The highest BCUT2D eigenvalue weighted by Gasteiger charge is 2.15. The number of halogens is 1. The molecule has 23 heavy (non-hydrogen) atoms. The molecule has 0 amide bonds. The molecule has 114 valence electrons. The van der Waals surface area contributed by atoms with Gasteiger partial charge in [0.05, 0.1) is 12.6 Å². The highest BCUT2D eigenvalue weighted by molar-refractivity contribution is 14.1. The number of hydrogen-bond acceptors (Lipinski definition) is 1. The van der Waals surface area contributed by atoms with Gasteiger partial charge in [-0.05, 0) is 52.4 Å². The maximum Gasteiger partial charge on any atom is 0.118 e.